The molecule has 236 valence electrons. The summed E-state index contributed by atoms with van der Waals surface area (Å²) < 4.78 is 56.7. The minimum atomic E-state index is -0.505. The molecule has 2 aromatic carbocycles. The largest absolute Gasteiger partial charge is 0.493 e. The molecule has 0 radical (unpaired) electrons. The molecule has 1 heterocycles. The fraction of sp³-hybridized carbons (Fsp3) is 0.483. The first-order valence-corrected chi connectivity index (χ1v) is 14.1. The molecule has 12 nitrogen and oxygen atoms in total. The van der Waals surface area contributed by atoms with Crippen LogP contribution in [0.4, 0.5) is 15.9 Å². The number of fused-ring (bicyclic) bond motifs is 1. The first kappa shape index (κ1) is 34.2. The third-order valence-electron chi connectivity index (χ3n) is 5.60. The fourth-order valence-corrected chi connectivity index (χ4v) is 3.78. The Kier molecular flexibility index (Phi) is 15.7. The Labute approximate surface area is 254 Å². The van der Waals surface area contributed by atoms with Gasteiger partial charge in [-0.25, -0.2) is 19.2 Å². The maximum Gasteiger partial charge on any atom is 0.332 e. The maximum atomic E-state index is 13.5. The van der Waals surface area contributed by atoms with Gasteiger partial charge in [-0.2, -0.15) is 0 Å². The van der Waals surface area contributed by atoms with Gasteiger partial charge in [0.1, 0.15) is 31.2 Å². The van der Waals surface area contributed by atoms with E-state index in [1.165, 1.54) is 18.5 Å². The van der Waals surface area contributed by atoms with Crippen molar-refractivity contribution >= 4 is 40.0 Å². The van der Waals surface area contributed by atoms with Crippen LogP contribution in [0.5, 0.6) is 11.5 Å². The van der Waals surface area contributed by atoms with Crippen LogP contribution >= 0.6 is 11.6 Å². The zero-order chi connectivity index (χ0) is 30.7. The van der Waals surface area contributed by atoms with Crippen molar-refractivity contribution in [1.29, 1.82) is 0 Å². The second-order valence-electron chi connectivity index (χ2n) is 8.65. The second-order valence-corrected chi connectivity index (χ2v) is 9.06. The van der Waals surface area contributed by atoms with Gasteiger partial charge >= 0.3 is 5.97 Å². The average molecular weight is 626 g/mol. The van der Waals surface area contributed by atoms with Gasteiger partial charge in [0.15, 0.2) is 11.5 Å². The number of nitrogens with one attached hydrogen (secondary N) is 1. The third-order valence-corrected chi connectivity index (χ3v) is 5.89. The van der Waals surface area contributed by atoms with Gasteiger partial charge in [-0.1, -0.05) is 11.6 Å². The molecule has 0 spiro atoms. The van der Waals surface area contributed by atoms with Crippen LogP contribution in [-0.4, -0.2) is 102 Å². The van der Waals surface area contributed by atoms with E-state index in [4.69, 9.17) is 49.5 Å². The molecule has 0 saturated heterocycles. The van der Waals surface area contributed by atoms with Crippen LogP contribution in [0, 0.1) is 5.82 Å². The molecule has 0 atom stereocenters. The number of carbonyl (C=O) groups is 1. The van der Waals surface area contributed by atoms with E-state index in [0.29, 0.717) is 100.0 Å². The highest BCUT2D eigenvalue weighted by Crippen LogP contribution is 2.35. The fourth-order valence-electron chi connectivity index (χ4n) is 3.59. The van der Waals surface area contributed by atoms with E-state index in [0.717, 1.165) is 0 Å². The molecule has 14 heteroatoms. The van der Waals surface area contributed by atoms with Crippen molar-refractivity contribution in [2.75, 3.05) is 91.7 Å². The van der Waals surface area contributed by atoms with E-state index in [1.807, 2.05) is 0 Å². The third kappa shape index (κ3) is 12.4. The predicted octanol–water partition coefficient (Wildman–Crippen LogP) is 4.20. The smallest absolute Gasteiger partial charge is 0.332 e. The molecule has 0 aliphatic carbocycles. The van der Waals surface area contributed by atoms with E-state index in [1.54, 1.807) is 32.2 Å². The van der Waals surface area contributed by atoms with Crippen LogP contribution in [0.3, 0.4) is 0 Å². The topological polar surface area (TPSA) is 129 Å². The summed E-state index contributed by atoms with van der Waals surface area (Å²) in [6.07, 6.45) is 1.42. The summed E-state index contributed by atoms with van der Waals surface area (Å²) in [5.41, 5.74) is 1.21. The van der Waals surface area contributed by atoms with Crippen LogP contribution < -0.4 is 14.8 Å². The number of anilines is 2. The van der Waals surface area contributed by atoms with Gasteiger partial charge in [0, 0.05) is 17.1 Å². The molecule has 1 N–H and O–H groups in total. The van der Waals surface area contributed by atoms with Gasteiger partial charge in [-0.15, -0.1) is 0 Å². The molecule has 0 unspecified atom stereocenters. The number of benzene rings is 2. The Balaban J connectivity index is 1.27. The molecule has 0 aliphatic rings. The Bertz CT molecular complexity index is 1270. The number of esters is 1. The van der Waals surface area contributed by atoms with Gasteiger partial charge in [-0.05, 0) is 31.2 Å². The number of carbonyl (C=O) groups excluding carboxylic acids is 1. The molecular formula is C29H37ClFN3O9. The summed E-state index contributed by atoms with van der Waals surface area (Å²) in [6.45, 7) is 5.82. The van der Waals surface area contributed by atoms with E-state index in [9.17, 15) is 9.18 Å². The summed E-state index contributed by atoms with van der Waals surface area (Å²) in [6, 6.07) is 7.85. The van der Waals surface area contributed by atoms with Crippen molar-refractivity contribution in [3.8, 4) is 11.5 Å². The van der Waals surface area contributed by atoms with Crippen LogP contribution in [-0.2, 0) is 33.2 Å². The highest BCUT2D eigenvalue weighted by Gasteiger charge is 2.13. The van der Waals surface area contributed by atoms with E-state index >= 15 is 0 Å². The number of methoxy groups -OCH3 is 1. The number of rotatable bonds is 22. The van der Waals surface area contributed by atoms with E-state index in [2.05, 4.69) is 15.3 Å². The SMILES string of the molecule is CCOC(=O)COCCOCCOCCOCCOCCOc1cc2c(Nc3ccc(F)c(Cl)c3)ncnc2cc1OC. The van der Waals surface area contributed by atoms with Crippen molar-refractivity contribution in [3.63, 3.8) is 0 Å². The number of halogens is 2. The number of hydrogen-bond acceptors (Lipinski definition) is 12. The number of nitrogens with zero attached hydrogens (tertiary/aromatic N) is 2. The lowest BCUT2D eigenvalue weighted by atomic mass is 10.2. The zero-order valence-electron chi connectivity index (χ0n) is 24.3. The number of hydrogen-bond donors (Lipinski definition) is 1. The Morgan fingerprint density at radius 2 is 1.47 bits per heavy atom. The summed E-state index contributed by atoms with van der Waals surface area (Å²) in [5.74, 6) is 0.618. The monoisotopic (exact) mass is 625 g/mol. The van der Waals surface area contributed by atoms with Gasteiger partial charge < -0.3 is 43.2 Å². The molecule has 43 heavy (non-hydrogen) atoms. The minimum absolute atomic E-state index is 0.00218. The van der Waals surface area contributed by atoms with Crippen molar-refractivity contribution in [1.82, 2.24) is 9.97 Å². The Morgan fingerprint density at radius 3 is 2.07 bits per heavy atom. The standard InChI is InChI=1S/C29H37ClFN3O9/c1-3-42-28(35)19-41-13-12-39-9-8-37-6-7-38-10-11-40-14-15-43-27-17-22-25(18-26(27)36-2)32-20-33-29(22)34-21-4-5-24(31)23(30)16-21/h4-5,16-18,20H,3,6-15,19H2,1-2H3,(H,32,33,34). The van der Waals surface area contributed by atoms with Crippen LogP contribution in [0.15, 0.2) is 36.7 Å². The van der Waals surface area contributed by atoms with E-state index in [-0.39, 0.29) is 24.2 Å². The number of aromatic nitrogens is 2. The van der Waals surface area contributed by atoms with Crippen molar-refractivity contribution in [2.45, 2.75) is 6.92 Å². The van der Waals surface area contributed by atoms with Crippen LogP contribution in [0.25, 0.3) is 10.9 Å². The zero-order valence-corrected chi connectivity index (χ0v) is 25.0. The molecule has 0 amide bonds. The number of ether oxygens (including phenoxy) is 8. The molecule has 0 saturated carbocycles. The molecule has 3 rings (SSSR count). The maximum absolute atomic E-state index is 13.5. The molecule has 0 aliphatic heterocycles. The molecule has 3 aromatic rings. The molecular weight excluding hydrogens is 589 g/mol. The van der Waals surface area contributed by atoms with E-state index < -0.39 is 5.82 Å². The lowest BCUT2D eigenvalue weighted by molar-refractivity contribution is -0.149. The van der Waals surface area contributed by atoms with Crippen molar-refractivity contribution in [2.24, 2.45) is 0 Å². The van der Waals surface area contributed by atoms with Crippen LogP contribution in [0.1, 0.15) is 6.92 Å². The average Bonchev–Trinajstić information content (AvgIpc) is 3.00. The molecule has 0 bridgehead atoms. The molecule has 0 fully saturated rings. The van der Waals surface area contributed by atoms with Crippen molar-refractivity contribution < 1.29 is 47.1 Å². The first-order valence-electron chi connectivity index (χ1n) is 13.7. The van der Waals surface area contributed by atoms with Gasteiger partial charge in [0.2, 0.25) is 0 Å². The lowest BCUT2D eigenvalue weighted by Gasteiger charge is -2.14. The summed E-state index contributed by atoms with van der Waals surface area (Å²) in [4.78, 5) is 19.7. The van der Waals surface area contributed by atoms with Gasteiger partial charge in [-0.3, -0.25) is 0 Å². The summed E-state index contributed by atoms with van der Waals surface area (Å²) in [5, 5.41) is 3.82. The second kappa shape index (κ2) is 19.8. The highest BCUT2D eigenvalue weighted by atomic mass is 35.5. The Hall–Kier alpha value is -3.33. The normalized spacial score (nSPS) is 11.1. The van der Waals surface area contributed by atoms with Crippen LogP contribution in [0.2, 0.25) is 5.02 Å². The minimum Gasteiger partial charge on any atom is -0.493 e. The predicted molar refractivity (Wildman–Crippen MR) is 157 cm³/mol. The van der Waals surface area contributed by atoms with Crippen molar-refractivity contribution in [3.05, 3.63) is 47.5 Å². The van der Waals surface area contributed by atoms with Gasteiger partial charge in [0.25, 0.3) is 0 Å². The Morgan fingerprint density at radius 1 is 0.837 bits per heavy atom. The first-order chi connectivity index (χ1) is 21.0. The lowest BCUT2D eigenvalue weighted by Crippen LogP contribution is -2.16. The van der Waals surface area contributed by atoms with Gasteiger partial charge in [0.05, 0.1) is 83.7 Å². The summed E-state index contributed by atoms with van der Waals surface area (Å²) >= 11 is 5.91. The highest BCUT2D eigenvalue weighted by molar-refractivity contribution is 6.31. The molecule has 1 aromatic heterocycles. The quantitative estimate of drug-likeness (QED) is 0.127. The summed E-state index contributed by atoms with van der Waals surface area (Å²) in [7, 11) is 1.55.